The average Bonchev–Trinajstić information content (AvgIpc) is 3.01. The highest BCUT2D eigenvalue weighted by Gasteiger charge is 2.28. The van der Waals surface area contributed by atoms with E-state index in [1.807, 2.05) is 60.7 Å². The van der Waals surface area contributed by atoms with Crippen LogP contribution in [0.3, 0.4) is 0 Å². The van der Waals surface area contributed by atoms with Crippen molar-refractivity contribution in [3.63, 3.8) is 0 Å². The van der Waals surface area contributed by atoms with Crippen LogP contribution in [0.5, 0.6) is 0 Å². The zero-order valence-corrected chi connectivity index (χ0v) is 13.9. The van der Waals surface area contributed by atoms with Crippen LogP contribution in [0, 0.1) is 0 Å². The van der Waals surface area contributed by atoms with E-state index < -0.39 is 0 Å². The number of carbonyl (C=O) groups excluding carboxylic acids is 1. The third-order valence-electron chi connectivity index (χ3n) is 4.75. The quantitative estimate of drug-likeness (QED) is 0.455. The molecule has 1 aromatic heterocycles. The molecule has 122 valence electrons. The maximum absolute atomic E-state index is 12.6. The van der Waals surface area contributed by atoms with E-state index in [9.17, 15) is 4.79 Å². The van der Waals surface area contributed by atoms with E-state index in [-0.39, 0.29) is 5.78 Å². The van der Waals surface area contributed by atoms with Gasteiger partial charge in [0.25, 0.3) is 0 Å². The third-order valence-corrected chi connectivity index (χ3v) is 4.75. The number of carbonyl (C=O) groups is 1. The van der Waals surface area contributed by atoms with Crippen LogP contribution in [-0.4, -0.2) is 16.0 Å². The van der Waals surface area contributed by atoms with E-state index in [2.05, 4.69) is 34.5 Å². The number of nitrogens with zero attached hydrogens (tertiary/aromatic N) is 2. The van der Waals surface area contributed by atoms with Gasteiger partial charge in [-0.05, 0) is 17.2 Å². The van der Waals surface area contributed by atoms with Gasteiger partial charge in [0, 0.05) is 16.7 Å². The van der Waals surface area contributed by atoms with Gasteiger partial charge >= 0.3 is 0 Å². The van der Waals surface area contributed by atoms with E-state index in [1.165, 1.54) is 5.56 Å². The highest BCUT2D eigenvalue weighted by atomic mass is 16.1. The number of hydrogen-bond donors (Lipinski definition) is 0. The molecule has 5 rings (SSSR count). The Bertz CT molecular complexity index is 1130. The van der Waals surface area contributed by atoms with Crippen LogP contribution in [0.2, 0.25) is 0 Å². The van der Waals surface area contributed by atoms with E-state index >= 15 is 0 Å². The Hall–Kier alpha value is -3.59. The van der Waals surface area contributed by atoms with Gasteiger partial charge in [-0.15, -0.1) is 10.2 Å². The molecule has 3 heteroatoms. The van der Waals surface area contributed by atoms with Crippen LogP contribution < -0.4 is 0 Å². The lowest BCUT2D eigenvalue weighted by Crippen LogP contribution is -1.98. The van der Waals surface area contributed by atoms with Crippen LogP contribution in [0.15, 0.2) is 84.9 Å². The fourth-order valence-electron chi connectivity index (χ4n) is 3.40. The maximum atomic E-state index is 12.6. The molecule has 0 fully saturated rings. The lowest BCUT2D eigenvalue weighted by atomic mass is 10.0. The van der Waals surface area contributed by atoms with Crippen molar-refractivity contribution in [2.24, 2.45) is 0 Å². The lowest BCUT2D eigenvalue weighted by Gasteiger charge is -2.05. The Morgan fingerprint density at radius 2 is 1.15 bits per heavy atom. The van der Waals surface area contributed by atoms with Crippen molar-refractivity contribution in [1.29, 1.82) is 0 Å². The lowest BCUT2D eigenvalue weighted by molar-refractivity contribution is 0.104. The Morgan fingerprint density at radius 3 is 1.92 bits per heavy atom. The largest absolute Gasteiger partial charge is 0.289 e. The van der Waals surface area contributed by atoms with Crippen molar-refractivity contribution in [1.82, 2.24) is 10.2 Å². The molecule has 0 unspecified atom stereocenters. The van der Waals surface area contributed by atoms with E-state index in [0.717, 1.165) is 16.7 Å². The van der Waals surface area contributed by atoms with Crippen molar-refractivity contribution in [3.8, 4) is 33.6 Å². The molecule has 3 aromatic carbocycles. The summed E-state index contributed by atoms with van der Waals surface area (Å²) in [6, 6.07) is 27.8. The fourth-order valence-corrected chi connectivity index (χ4v) is 3.40. The molecule has 1 aliphatic rings. The standard InChI is InChI=1S/C23H14N2O/c26-23-19-9-5-4-8-18(19)22-20(23)14-21(24-25-22)17-12-10-16(11-13-17)15-6-2-1-3-7-15/h1-14H. The van der Waals surface area contributed by atoms with Gasteiger partial charge in [0.1, 0.15) is 5.69 Å². The Labute approximate surface area is 151 Å². The van der Waals surface area contributed by atoms with Gasteiger partial charge in [-0.2, -0.15) is 0 Å². The van der Waals surface area contributed by atoms with Crippen molar-refractivity contribution in [2.45, 2.75) is 0 Å². The predicted molar refractivity (Wildman–Crippen MR) is 102 cm³/mol. The summed E-state index contributed by atoms with van der Waals surface area (Å²) in [7, 11) is 0. The maximum Gasteiger partial charge on any atom is 0.196 e. The first-order chi connectivity index (χ1) is 12.8. The molecule has 1 aliphatic carbocycles. The minimum Gasteiger partial charge on any atom is -0.289 e. The summed E-state index contributed by atoms with van der Waals surface area (Å²) >= 11 is 0. The first kappa shape index (κ1) is 14.7. The van der Waals surface area contributed by atoms with Crippen molar-refractivity contribution in [3.05, 3.63) is 96.1 Å². The minimum atomic E-state index is 0.0210. The summed E-state index contributed by atoms with van der Waals surface area (Å²) in [4.78, 5) is 12.6. The zero-order valence-electron chi connectivity index (χ0n) is 13.9. The van der Waals surface area contributed by atoms with Crippen LogP contribution in [0.1, 0.15) is 15.9 Å². The second kappa shape index (κ2) is 5.74. The number of benzene rings is 3. The predicted octanol–water partition coefficient (Wildman–Crippen LogP) is 5.02. The number of fused-ring (bicyclic) bond motifs is 3. The summed E-state index contributed by atoms with van der Waals surface area (Å²) in [5.74, 6) is 0.0210. The van der Waals surface area contributed by atoms with Gasteiger partial charge in [0.05, 0.1) is 11.3 Å². The van der Waals surface area contributed by atoms with E-state index in [0.29, 0.717) is 22.5 Å². The molecule has 26 heavy (non-hydrogen) atoms. The minimum absolute atomic E-state index is 0.0210. The molecule has 0 saturated heterocycles. The smallest absolute Gasteiger partial charge is 0.196 e. The number of ketones is 1. The summed E-state index contributed by atoms with van der Waals surface area (Å²) in [6.45, 7) is 0. The van der Waals surface area contributed by atoms with E-state index in [1.54, 1.807) is 0 Å². The van der Waals surface area contributed by atoms with Crippen LogP contribution in [-0.2, 0) is 0 Å². The van der Waals surface area contributed by atoms with Gasteiger partial charge < -0.3 is 0 Å². The van der Waals surface area contributed by atoms with Crippen LogP contribution in [0.25, 0.3) is 33.6 Å². The molecule has 0 aliphatic heterocycles. The van der Waals surface area contributed by atoms with Gasteiger partial charge in [-0.1, -0.05) is 78.9 Å². The van der Waals surface area contributed by atoms with Crippen molar-refractivity contribution in [2.75, 3.05) is 0 Å². The molecule has 0 saturated carbocycles. The Morgan fingerprint density at radius 1 is 0.538 bits per heavy atom. The molecule has 0 N–H and O–H groups in total. The molecule has 0 bridgehead atoms. The highest BCUT2D eigenvalue weighted by Crippen LogP contribution is 2.36. The summed E-state index contributed by atoms with van der Waals surface area (Å²) in [6.07, 6.45) is 0. The molecule has 0 spiro atoms. The molecular weight excluding hydrogens is 320 g/mol. The molecule has 0 atom stereocenters. The molecule has 0 amide bonds. The topological polar surface area (TPSA) is 42.9 Å². The van der Waals surface area contributed by atoms with Gasteiger partial charge in [0.15, 0.2) is 5.78 Å². The molecule has 0 radical (unpaired) electrons. The molecule has 1 heterocycles. The number of rotatable bonds is 2. The van der Waals surface area contributed by atoms with Gasteiger partial charge in [-0.3, -0.25) is 4.79 Å². The number of aromatic nitrogens is 2. The summed E-state index contributed by atoms with van der Waals surface area (Å²) in [5, 5.41) is 8.69. The first-order valence-corrected chi connectivity index (χ1v) is 8.49. The molecule has 4 aromatic rings. The first-order valence-electron chi connectivity index (χ1n) is 8.49. The summed E-state index contributed by atoms with van der Waals surface area (Å²) in [5.41, 5.74) is 6.85. The van der Waals surface area contributed by atoms with Crippen molar-refractivity contribution >= 4 is 5.78 Å². The monoisotopic (exact) mass is 334 g/mol. The third kappa shape index (κ3) is 2.25. The second-order valence-electron chi connectivity index (χ2n) is 6.31. The fraction of sp³-hybridized carbons (Fsp3) is 0. The SMILES string of the molecule is O=C1c2ccccc2-c2nnc(-c3ccc(-c4ccccc4)cc3)cc21. The molecular formula is C23H14N2O. The Kier molecular flexibility index (Phi) is 3.25. The average molecular weight is 334 g/mol. The highest BCUT2D eigenvalue weighted by molar-refractivity contribution is 6.21. The van der Waals surface area contributed by atoms with Crippen molar-refractivity contribution < 1.29 is 4.79 Å². The van der Waals surface area contributed by atoms with Crippen LogP contribution in [0.4, 0.5) is 0 Å². The van der Waals surface area contributed by atoms with Gasteiger partial charge in [0.2, 0.25) is 0 Å². The second-order valence-corrected chi connectivity index (χ2v) is 6.31. The molecule has 3 nitrogen and oxygen atoms in total. The summed E-state index contributed by atoms with van der Waals surface area (Å²) < 4.78 is 0. The van der Waals surface area contributed by atoms with Gasteiger partial charge in [-0.25, -0.2) is 0 Å². The number of hydrogen-bond acceptors (Lipinski definition) is 3. The zero-order chi connectivity index (χ0) is 17.5. The normalized spacial score (nSPS) is 11.9. The van der Waals surface area contributed by atoms with Crippen LogP contribution >= 0.6 is 0 Å². The Balaban J connectivity index is 1.54. The van der Waals surface area contributed by atoms with E-state index in [4.69, 9.17) is 0 Å².